The predicted molar refractivity (Wildman–Crippen MR) is 114 cm³/mol. The van der Waals surface area contributed by atoms with Crippen molar-refractivity contribution in [3.8, 4) is 11.5 Å². The minimum absolute atomic E-state index is 0.0204. The van der Waals surface area contributed by atoms with Gasteiger partial charge in [-0.1, -0.05) is 12.1 Å². The molecule has 0 amide bonds. The highest BCUT2D eigenvalue weighted by Crippen LogP contribution is 2.34. The summed E-state index contributed by atoms with van der Waals surface area (Å²) < 4.78 is 27.8. The molecule has 7 nitrogen and oxygen atoms in total. The Labute approximate surface area is 182 Å². The lowest BCUT2D eigenvalue weighted by atomic mass is 10.1. The summed E-state index contributed by atoms with van der Waals surface area (Å²) in [5.41, 5.74) is 2.23. The maximum Gasteiger partial charge on any atom is 0.302 e. The molecule has 0 saturated heterocycles. The molecule has 1 aromatic heterocycles. The summed E-state index contributed by atoms with van der Waals surface area (Å²) in [6.45, 7) is 1.64. The topological polar surface area (TPSA) is 87.4 Å². The van der Waals surface area contributed by atoms with Crippen LogP contribution in [0.25, 0.3) is 11.0 Å². The molecule has 0 aliphatic carbocycles. The molecule has 0 saturated carbocycles. The number of aliphatic hydroxyl groups is 1. The first-order valence-corrected chi connectivity index (χ1v) is 10.1. The number of para-hydroxylation sites is 1. The van der Waals surface area contributed by atoms with Gasteiger partial charge >= 0.3 is 5.97 Å². The Morgan fingerprint density at radius 3 is 2.83 bits per heavy atom. The molecule has 160 valence electrons. The SMILES string of the molecule is COCOc1c(CCOC(C)=O)cccc1OCC(O)c1cc(Br)c2occc2c1. The Morgan fingerprint density at radius 1 is 1.23 bits per heavy atom. The monoisotopic (exact) mass is 478 g/mol. The van der Waals surface area contributed by atoms with Crippen LogP contribution in [0.2, 0.25) is 0 Å². The van der Waals surface area contributed by atoms with E-state index >= 15 is 0 Å². The third kappa shape index (κ3) is 5.53. The molecule has 3 aromatic rings. The van der Waals surface area contributed by atoms with Crippen LogP contribution in [-0.2, 0) is 20.7 Å². The van der Waals surface area contributed by atoms with E-state index in [-0.39, 0.29) is 26.0 Å². The summed E-state index contributed by atoms with van der Waals surface area (Å²) in [5.74, 6) is 0.616. The fourth-order valence-corrected chi connectivity index (χ4v) is 3.56. The molecule has 0 spiro atoms. The van der Waals surface area contributed by atoms with E-state index < -0.39 is 6.10 Å². The van der Waals surface area contributed by atoms with Crippen molar-refractivity contribution in [3.05, 3.63) is 58.3 Å². The van der Waals surface area contributed by atoms with Crippen molar-refractivity contribution in [2.24, 2.45) is 0 Å². The molecule has 3 rings (SSSR count). The second kappa shape index (κ2) is 10.5. The minimum Gasteiger partial charge on any atom is -0.487 e. The predicted octanol–water partition coefficient (Wildman–Crippen LogP) is 4.40. The van der Waals surface area contributed by atoms with Crippen LogP contribution in [0, 0.1) is 0 Å². The molecule has 1 heterocycles. The molecule has 1 atom stereocenters. The Morgan fingerprint density at radius 2 is 2.07 bits per heavy atom. The lowest BCUT2D eigenvalue weighted by Gasteiger charge is -2.18. The van der Waals surface area contributed by atoms with E-state index in [1.807, 2.05) is 24.3 Å². The molecular weight excluding hydrogens is 456 g/mol. The second-order valence-corrected chi connectivity index (χ2v) is 7.41. The van der Waals surface area contributed by atoms with Gasteiger partial charge in [-0.15, -0.1) is 0 Å². The number of aliphatic hydroxyl groups excluding tert-OH is 1. The van der Waals surface area contributed by atoms with E-state index in [9.17, 15) is 9.90 Å². The van der Waals surface area contributed by atoms with Crippen molar-refractivity contribution in [1.82, 2.24) is 0 Å². The molecule has 8 heteroatoms. The number of methoxy groups -OCH3 is 1. The van der Waals surface area contributed by atoms with Crippen molar-refractivity contribution < 1.29 is 33.3 Å². The van der Waals surface area contributed by atoms with Crippen molar-refractivity contribution >= 4 is 32.9 Å². The zero-order chi connectivity index (χ0) is 21.5. The molecule has 0 aliphatic rings. The van der Waals surface area contributed by atoms with Gasteiger partial charge in [0.2, 0.25) is 0 Å². The average molecular weight is 479 g/mol. The van der Waals surface area contributed by atoms with Gasteiger partial charge in [0.05, 0.1) is 17.3 Å². The van der Waals surface area contributed by atoms with E-state index in [1.54, 1.807) is 18.4 Å². The maximum atomic E-state index is 11.0. The van der Waals surface area contributed by atoms with E-state index in [2.05, 4.69) is 15.9 Å². The smallest absolute Gasteiger partial charge is 0.302 e. The maximum absolute atomic E-state index is 11.0. The molecule has 2 aromatic carbocycles. The number of rotatable bonds is 10. The summed E-state index contributed by atoms with van der Waals surface area (Å²) in [6.07, 6.45) is 1.20. The quantitative estimate of drug-likeness (QED) is 0.341. The number of ether oxygens (including phenoxy) is 4. The summed E-state index contributed by atoms with van der Waals surface area (Å²) in [5, 5.41) is 11.5. The van der Waals surface area contributed by atoms with Gasteiger partial charge in [-0.05, 0) is 45.8 Å². The van der Waals surface area contributed by atoms with Crippen LogP contribution in [0.15, 0.2) is 51.6 Å². The highest BCUT2D eigenvalue weighted by molar-refractivity contribution is 9.10. The van der Waals surface area contributed by atoms with Gasteiger partial charge < -0.3 is 28.5 Å². The Hall–Kier alpha value is -2.55. The van der Waals surface area contributed by atoms with Gasteiger partial charge in [0, 0.05) is 31.4 Å². The van der Waals surface area contributed by atoms with E-state index in [0.29, 0.717) is 23.5 Å². The number of halogens is 1. The Bertz CT molecular complexity index is 998. The zero-order valence-corrected chi connectivity index (χ0v) is 18.3. The fraction of sp³-hybridized carbons (Fsp3) is 0.318. The molecule has 0 bridgehead atoms. The van der Waals surface area contributed by atoms with Crippen LogP contribution in [0.4, 0.5) is 0 Å². The molecule has 0 radical (unpaired) electrons. The third-order valence-electron chi connectivity index (χ3n) is 4.37. The zero-order valence-electron chi connectivity index (χ0n) is 16.7. The first-order chi connectivity index (χ1) is 14.5. The van der Waals surface area contributed by atoms with Gasteiger partial charge in [0.25, 0.3) is 0 Å². The number of hydrogen-bond donors (Lipinski definition) is 1. The van der Waals surface area contributed by atoms with Gasteiger partial charge in [-0.3, -0.25) is 4.79 Å². The number of carbonyl (C=O) groups is 1. The summed E-state index contributed by atoms with van der Waals surface area (Å²) >= 11 is 3.46. The standard InChI is InChI=1S/C22H23BrO7/c1-14(24)27-8-6-15-4-3-5-20(22(15)30-13-26-2)29-12-19(25)17-10-16-7-9-28-21(16)18(23)11-17/h3-5,7,9-11,19,25H,6,8,12-13H2,1-2H3. The van der Waals surface area contributed by atoms with Crippen LogP contribution in [0.3, 0.4) is 0 Å². The normalized spacial score (nSPS) is 12.0. The molecule has 1 N–H and O–H groups in total. The number of esters is 1. The summed E-state index contributed by atoms with van der Waals surface area (Å²) in [6, 6.07) is 10.9. The molecule has 30 heavy (non-hydrogen) atoms. The van der Waals surface area contributed by atoms with Crippen molar-refractivity contribution in [3.63, 3.8) is 0 Å². The van der Waals surface area contributed by atoms with Crippen LogP contribution < -0.4 is 9.47 Å². The van der Waals surface area contributed by atoms with Gasteiger partial charge in [-0.25, -0.2) is 0 Å². The van der Waals surface area contributed by atoms with Crippen molar-refractivity contribution in [1.29, 1.82) is 0 Å². The second-order valence-electron chi connectivity index (χ2n) is 6.55. The number of carbonyl (C=O) groups excluding carboxylic acids is 1. The number of furan rings is 1. The molecule has 0 aliphatic heterocycles. The molecular formula is C22H23BrO7. The van der Waals surface area contributed by atoms with Gasteiger partial charge in [0.15, 0.2) is 18.3 Å². The van der Waals surface area contributed by atoms with Crippen molar-refractivity contribution in [2.45, 2.75) is 19.4 Å². The third-order valence-corrected chi connectivity index (χ3v) is 4.96. The van der Waals surface area contributed by atoms with E-state index in [1.165, 1.54) is 14.0 Å². The molecule has 0 fully saturated rings. The highest BCUT2D eigenvalue weighted by Gasteiger charge is 2.16. The lowest BCUT2D eigenvalue weighted by molar-refractivity contribution is -0.140. The minimum atomic E-state index is -0.861. The fourth-order valence-electron chi connectivity index (χ4n) is 2.98. The first-order valence-electron chi connectivity index (χ1n) is 9.34. The molecule has 1 unspecified atom stereocenters. The van der Waals surface area contributed by atoms with Crippen LogP contribution in [-0.4, -0.2) is 38.2 Å². The van der Waals surface area contributed by atoms with Crippen LogP contribution >= 0.6 is 15.9 Å². The van der Waals surface area contributed by atoms with E-state index in [4.69, 9.17) is 23.4 Å². The highest BCUT2D eigenvalue weighted by atomic mass is 79.9. The average Bonchev–Trinajstić information content (AvgIpc) is 3.20. The van der Waals surface area contributed by atoms with Crippen molar-refractivity contribution in [2.75, 3.05) is 27.1 Å². The van der Waals surface area contributed by atoms with Crippen LogP contribution in [0.1, 0.15) is 24.2 Å². The van der Waals surface area contributed by atoms with Crippen LogP contribution in [0.5, 0.6) is 11.5 Å². The number of benzene rings is 2. The summed E-state index contributed by atoms with van der Waals surface area (Å²) in [4.78, 5) is 11.0. The summed E-state index contributed by atoms with van der Waals surface area (Å²) in [7, 11) is 1.52. The van der Waals surface area contributed by atoms with Gasteiger partial charge in [0.1, 0.15) is 18.3 Å². The number of fused-ring (bicyclic) bond motifs is 1. The first kappa shape index (κ1) is 22.1. The largest absolute Gasteiger partial charge is 0.487 e. The Kier molecular flexibility index (Phi) is 7.73. The van der Waals surface area contributed by atoms with E-state index in [0.717, 1.165) is 21.0 Å². The Balaban J connectivity index is 1.74. The lowest BCUT2D eigenvalue weighted by Crippen LogP contribution is -2.12. The van der Waals surface area contributed by atoms with Gasteiger partial charge in [-0.2, -0.15) is 0 Å². The number of hydrogen-bond acceptors (Lipinski definition) is 7.